The van der Waals surface area contributed by atoms with Gasteiger partial charge in [-0.25, -0.2) is 0 Å². The van der Waals surface area contributed by atoms with E-state index in [1.165, 1.54) is 18.2 Å². The number of nitro benzene ring substituents is 1. The summed E-state index contributed by atoms with van der Waals surface area (Å²) in [5, 5.41) is 20.5. The van der Waals surface area contributed by atoms with Crippen LogP contribution in [0.2, 0.25) is 0 Å². The molecule has 0 unspecified atom stereocenters. The normalized spacial score (nSPS) is 13.6. The van der Waals surface area contributed by atoms with E-state index >= 15 is 0 Å². The molecule has 3 aromatic rings. The number of rotatable bonds is 5. The summed E-state index contributed by atoms with van der Waals surface area (Å²) in [5.41, 5.74) is 1.45. The van der Waals surface area contributed by atoms with Crippen molar-refractivity contribution in [2.24, 2.45) is 0 Å². The van der Waals surface area contributed by atoms with Crippen molar-refractivity contribution in [3.63, 3.8) is 0 Å². The standard InChI is InChI=1S/C17H14N4O4/c22-17(18-16-9-13(19-20-16)10-4-5-10)15-7-6-14(25-15)11-2-1-3-12(8-11)21(23)24/h1-3,6-10H,4-5H2,(H2,18,19,20,22). The van der Waals surface area contributed by atoms with Gasteiger partial charge in [0, 0.05) is 29.7 Å². The van der Waals surface area contributed by atoms with Crippen molar-refractivity contribution in [1.29, 1.82) is 0 Å². The Kier molecular flexibility index (Phi) is 3.57. The van der Waals surface area contributed by atoms with Crippen LogP contribution in [0.1, 0.15) is 35.0 Å². The number of benzene rings is 1. The number of aromatic nitrogens is 2. The number of furan rings is 1. The van der Waals surface area contributed by atoms with E-state index in [2.05, 4.69) is 15.5 Å². The molecule has 2 aromatic heterocycles. The monoisotopic (exact) mass is 338 g/mol. The number of hydrogen-bond donors (Lipinski definition) is 2. The Morgan fingerprint density at radius 2 is 2.12 bits per heavy atom. The molecule has 8 heteroatoms. The number of nitrogens with one attached hydrogen (secondary N) is 2. The van der Waals surface area contributed by atoms with Crippen LogP contribution >= 0.6 is 0 Å². The molecule has 25 heavy (non-hydrogen) atoms. The van der Waals surface area contributed by atoms with Crippen molar-refractivity contribution in [2.45, 2.75) is 18.8 Å². The summed E-state index contributed by atoms with van der Waals surface area (Å²) < 4.78 is 5.54. The average Bonchev–Trinajstić information content (AvgIpc) is 3.16. The number of carbonyl (C=O) groups excluding carboxylic acids is 1. The molecular weight excluding hydrogens is 324 g/mol. The van der Waals surface area contributed by atoms with Gasteiger partial charge in [-0.1, -0.05) is 12.1 Å². The zero-order chi connectivity index (χ0) is 17.4. The molecule has 0 radical (unpaired) electrons. The van der Waals surface area contributed by atoms with Crippen molar-refractivity contribution >= 4 is 17.4 Å². The fraction of sp³-hybridized carbons (Fsp3) is 0.176. The van der Waals surface area contributed by atoms with Crippen LogP contribution in [-0.4, -0.2) is 21.0 Å². The molecule has 0 saturated heterocycles. The van der Waals surface area contributed by atoms with E-state index in [9.17, 15) is 14.9 Å². The van der Waals surface area contributed by atoms with Crippen LogP contribution in [0.4, 0.5) is 11.5 Å². The summed E-state index contributed by atoms with van der Waals surface area (Å²) in [5.74, 6) is 1.09. The molecule has 126 valence electrons. The van der Waals surface area contributed by atoms with Gasteiger partial charge in [-0.2, -0.15) is 5.10 Å². The van der Waals surface area contributed by atoms with E-state index < -0.39 is 10.8 Å². The van der Waals surface area contributed by atoms with Crippen molar-refractivity contribution in [3.8, 4) is 11.3 Å². The Morgan fingerprint density at radius 3 is 2.88 bits per heavy atom. The minimum absolute atomic E-state index is 0.0371. The molecule has 1 fully saturated rings. The molecule has 0 aliphatic heterocycles. The van der Waals surface area contributed by atoms with Gasteiger partial charge in [0.25, 0.3) is 11.6 Å². The second-order valence-electron chi connectivity index (χ2n) is 5.91. The van der Waals surface area contributed by atoms with Crippen LogP contribution in [0.15, 0.2) is 46.9 Å². The zero-order valence-corrected chi connectivity index (χ0v) is 13.1. The molecule has 1 aromatic carbocycles. The first-order valence-corrected chi connectivity index (χ1v) is 7.81. The smallest absolute Gasteiger partial charge is 0.292 e. The van der Waals surface area contributed by atoms with Crippen LogP contribution in [0.5, 0.6) is 0 Å². The predicted molar refractivity (Wildman–Crippen MR) is 89.3 cm³/mol. The van der Waals surface area contributed by atoms with E-state index in [0.29, 0.717) is 23.1 Å². The number of amides is 1. The van der Waals surface area contributed by atoms with Crippen molar-refractivity contribution in [1.82, 2.24) is 10.2 Å². The van der Waals surface area contributed by atoms with E-state index in [1.807, 2.05) is 6.07 Å². The molecule has 1 amide bonds. The zero-order valence-electron chi connectivity index (χ0n) is 13.1. The molecule has 0 spiro atoms. The molecule has 0 bridgehead atoms. The van der Waals surface area contributed by atoms with Gasteiger partial charge in [0.1, 0.15) is 11.6 Å². The summed E-state index contributed by atoms with van der Waals surface area (Å²) in [7, 11) is 0. The van der Waals surface area contributed by atoms with E-state index in [-0.39, 0.29) is 11.4 Å². The summed E-state index contributed by atoms with van der Waals surface area (Å²) in [4.78, 5) is 22.6. The van der Waals surface area contributed by atoms with Gasteiger partial charge in [-0.3, -0.25) is 20.0 Å². The third-order valence-electron chi connectivity index (χ3n) is 4.01. The first-order chi connectivity index (χ1) is 12.1. The van der Waals surface area contributed by atoms with Crippen LogP contribution in [0.3, 0.4) is 0 Å². The van der Waals surface area contributed by atoms with E-state index in [4.69, 9.17) is 4.42 Å². The highest BCUT2D eigenvalue weighted by Crippen LogP contribution is 2.39. The average molecular weight is 338 g/mol. The number of aromatic amines is 1. The fourth-order valence-corrected chi connectivity index (χ4v) is 2.56. The fourth-order valence-electron chi connectivity index (χ4n) is 2.56. The molecule has 2 N–H and O–H groups in total. The number of nitrogens with zero attached hydrogens (tertiary/aromatic N) is 2. The topological polar surface area (TPSA) is 114 Å². The quantitative estimate of drug-likeness (QED) is 0.544. The third-order valence-corrected chi connectivity index (χ3v) is 4.01. The van der Waals surface area contributed by atoms with Crippen molar-refractivity contribution in [2.75, 3.05) is 5.32 Å². The second-order valence-corrected chi connectivity index (χ2v) is 5.91. The minimum Gasteiger partial charge on any atom is -0.451 e. The maximum absolute atomic E-state index is 12.3. The predicted octanol–water partition coefficient (Wildman–Crippen LogP) is 3.71. The maximum Gasteiger partial charge on any atom is 0.292 e. The Morgan fingerprint density at radius 1 is 1.28 bits per heavy atom. The molecule has 1 saturated carbocycles. The van der Waals surface area contributed by atoms with Gasteiger partial charge < -0.3 is 9.73 Å². The van der Waals surface area contributed by atoms with Gasteiger partial charge >= 0.3 is 0 Å². The lowest BCUT2D eigenvalue weighted by molar-refractivity contribution is -0.384. The first kappa shape index (κ1) is 15.1. The SMILES string of the molecule is O=C(Nc1cc(C2CC2)n[nH]1)c1ccc(-c2cccc([N+](=O)[O-])c2)o1. The van der Waals surface area contributed by atoms with Gasteiger partial charge in [0.15, 0.2) is 5.76 Å². The molecular formula is C17H14N4O4. The lowest BCUT2D eigenvalue weighted by Crippen LogP contribution is -2.11. The summed E-state index contributed by atoms with van der Waals surface area (Å²) in [6.07, 6.45) is 2.26. The van der Waals surface area contributed by atoms with Crippen LogP contribution in [0, 0.1) is 10.1 Å². The highest BCUT2D eigenvalue weighted by molar-refractivity contribution is 6.02. The summed E-state index contributed by atoms with van der Waals surface area (Å²) >= 11 is 0. The molecule has 0 atom stereocenters. The summed E-state index contributed by atoms with van der Waals surface area (Å²) in [6, 6.07) is 11.0. The van der Waals surface area contributed by atoms with Gasteiger partial charge in [0.05, 0.1) is 10.6 Å². The number of carbonyl (C=O) groups is 1. The third kappa shape index (κ3) is 3.14. The number of nitro groups is 1. The number of anilines is 1. The minimum atomic E-state index is -0.476. The number of non-ortho nitro benzene ring substituents is 1. The first-order valence-electron chi connectivity index (χ1n) is 7.81. The van der Waals surface area contributed by atoms with Crippen LogP contribution in [0.25, 0.3) is 11.3 Å². The maximum atomic E-state index is 12.3. The largest absolute Gasteiger partial charge is 0.451 e. The van der Waals surface area contributed by atoms with Crippen molar-refractivity contribution < 1.29 is 14.1 Å². The molecule has 8 nitrogen and oxygen atoms in total. The Balaban J connectivity index is 1.50. The second kappa shape index (κ2) is 5.90. The van der Waals surface area contributed by atoms with Gasteiger partial charge in [-0.05, 0) is 25.0 Å². The Hall–Kier alpha value is -3.42. The Labute approximate surface area is 142 Å². The molecule has 1 aliphatic carbocycles. The lowest BCUT2D eigenvalue weighted by Gasteiger charge is -1.99. The van der Waals surface area contributed by atoms with Crippen LogP contribution in [-0.2, 0) is 0 Å². The van der Waals surface area contributed by atoms with Gasteiger partial charge in [0.2, 0.25) is 0 Å². The van der Waals surface area contributed by atoms with Crippen molar-refractivity contribution in [3.05, 3.63) is 64.0 Å². The molecule has 4 rings (SSSR count). The van der Waals surface area contributed by atoms with E-state index in [0.717, 1.165) is 18.5 Å². The highest BCUT2D eigenvalue weighted by Gasteiger charge is 2.26. The van der Waals surface area contributed by atoms with E-state index in [1.54, 1.807) is 18.2 Å². The Bertz CT molecular complexity index is 955. The van der Waals surface area contributed by atoms with Crippen LogP contribution < -0.4 is 5.32 Å². The van der Waals surface area contributed by atoms with Gasteiger partial charge in [-0.15, -0.1) is 0 Å². The highest BCUT2D eigenvalue weighted by atomic mass is 16.6. The summed E-state index contributed by atoms with van der Waals surface area (Å²) in [6.45, 7) is 0. The molecule has 1 aliphatic rings. The lowest BCUT2D eigenvalue weighted by atomic mass is 10.1. The molecule has 2 heterocycles. The number of H-pyrrole nitrogens is 1. The number of hydrogen-bond acceptors (Lipinski definition) is 5.